The first kappa shape index (κ1) is 25.6. The second-order valence-electron chi connectivity index (χ2n) is 8.59. The summed E-state index contributed by atoms with van der Waals surface area (Å²) < 4.78 is 7.79. The van der Waals surface area contributed by atoms with Crippen molar-refractivity contribution in [3.05, 3.63) is 67.5 Å². The van der Waals surface area contributed by atoms with Crippen LogP contribution in [0.25, 0.3) is 22.2 Å². The highest BCUT2D eigenvalue weighted by Gasteiger charge is 2.15. The van der Waals surface area contributed by atoms with Crippen LogP contribution >= 0.6 is 11.8 Å². The summed E-state index contributed by atoms with van der Waals surface area (Å²) in [5, 5.41) is 17.7. The van der Waals surface area contributed by atoms with Gasteiger partial charge in [0.05, 0.1) is 24.2 Å². The van der Waals surface area contributed by atoms with E-state index in [0.29, 0.717) is 17.4 Å². The van der Waals surface area contributed by atoms with Gasteiger partial charge in [-0.2, -0.15) is 0 Å². The Hall–Kier alpha value is -3.53. The van der Waals surface area contributed by atoms with Gasteiger partial charge in [-0.3, -0.25) is 0 Å². The molecule has 0 fully saturated rings. The molecule has 4 aromatic rings. The highest BCUT2D eigenvalue weighted by Crippen LogP contribution is 2.38. The van der Waals surface area contributed by atoms with Crippen LogP contribution in [0.4, 0.5) is 17.3 Å². The molecule has 188 valence electrons. The summed E-state index contributed by atoms with van der Waals surface area (Å²) in [5.41, 5.74) is 4.44. The number of nitrogens with one attached hydrogen (secondary N) is 2. The molecule has 0 aliphatic heterocycles. The third-order valence-corrected chi connectivity index (χ3v) is 6.73. The summed E-state index contributed by atoms with van der Waals surface area (Å²) in [6.07, 6.45) is 4.38. The zero-order chi connectivity index (χ0) is 25.7. The van der Waals surface area contributed by atoms with Crippen LogP contribution in [-0.2, 0) is 7.05 Å². The molecule has 1 unspecified atom stereocenters. The first-order chi connectivity index (χ1) is 17.4. The predicted molar refractivity (Wildman–Crippen MR) is 149 cm³/mol. The van der Waals surface area contributed by atoms with E-state index in [1.54, 1.807) is 25.1 Å². The fraction of sp³-hybridized carbons (Fsp3) is 0.259. The summed E-state index contributed by atoms with van der Waals surface area (Å²) in [5.74, 6) is 1.99. The summed E-state index contributed by atoms with van der Waals surface area (Å²) in [4.78, 5) is 12.3. The van der Waals surface area contributed by atoms with Crippen LogP contribution < -0.4 is 15.4 Å². The molecule has 0 bridgehead atoms. The number of rotatable bonds is 11. The minimum atomic E-state index is -0.884. The topological polar surface area (TPSA) is 87.5 Å². The molecular formula is C27H32N6O2S. The number of aryl methyl sites for hydroxylation is 1. The van der Waals surface area contributed by atoms with Crippen LogP contribution in [0, 0.1) is 0 Å². The number of aromatic nitrogens is 3. The number of thioether (sulfide) groups is 1. The van der Waals surface area contributed by atoms with Gasteiger partial charge in [-0.15, -0.1) is 11.8 Å². The van der Waals surface area contributed by atoms with E-state index in [1.807, 2.05) is 51.5 Å². The number of aliphatic hydroxyl groups is 1. The zero-order valence-corrected chi connectivity index (χ0v) is 21.8. The number of hydrogen-bond donors (Lipinski definition) is 3. The van der Waals surface area contributed by atoms with Gasteiger partial charge in [-0.05, 0) is 44.4 Å². The lowest BCUT2D eigenvalue weighted by Crippen LogP contribution is -2.17. The molecule has 0 aliphatic carbocycles. The number of aliphatic hydroxyl groups excluding tert-OH is 1. The molecule has 8 nitrogen and oxygen atoms in total. The van der Waals surface area contributed by atoms with Crippen LogP contribution in [0.3, 0.4) is 0 Å². The third kappa shape index (κ3) is 5.81. The molecule has 0 spiro atoms. The fourth-order valence-electron chi connectivity index (χ4n) is 3.85. The summed E-state index contributed by atoms with van der Waals surface area (Å²) in [6.45, 7) is 4.59. The van der Waals surface area contributed by atoms with Crippen molar-refractivity contribution in [1.29, 1.82) is 0 Å². The van der Waals surface area contributed by atoms with Crippen LogP contribution in [0.2, 0.25) is 0 Å². The Morgan fingerprint density at radius 2 is 2.03 bits per heavy atom. The van der Waals surface area contributed by atoms with Crippen molar-refractivity contribution >= 4 is 40.0 Å². The maximum Gasteiger partial charge on any atom is 0.227 e. The molecule has 0 saturated carbocycles. The lowest BCUT2D eigenvalue weighted by atomic mass is 10.1. The SMILES string of the molecule is C=CC(O)Nc1cc(Nc2nccc(-c3cn(C)c4ccccc34)n2)c(OC)cc1SCCN(C)C. The van der Waals surface area contributed by atoms with Crippen LogP contribution in [0.1, 0.15) is 0 Å². The summed E-state index contributed by atoms with van der Waals surface area (Å²) >= 11 is 1.68. The van der Waals surface area contributed by atoms with E-state index in [9.17, 15) is 5.11 Å². The molecule has 9 heteroatoms. The Labute approximate surface area is 216 Å². The third-order valence-electron chi connectivity index (χ3n) is 5.70. The van der Waals surface area contributed by atoms with Gasteiger partial charge < -0.3 is 29.9 Å². The average Bonchev–Trinajstić information content (AvgIpc) is 3.21. The maximum absolute atomic E-state index is 10.2. The molecule has 2 aromatic heterocycles. The zero-order valence-electron chi connectivity index (χ0n) is 21.0. The van der Waals surface area contributed by atoms with E-state index in [4.69, 9.17) is 9.72 Å². The van der Waals surface area contributed by atoms with Gasteiger partial charge in [-0.25, -0.2) is 9.97 Å². The highest BCUT2D eigenvalue weighted by molar-refractivity contribution is 7.99. The van der Waals surface area contributed by atoms with Gasteiger partial charge in [0.25, 0.3) is 0 Å². The first-order valence-electron chi connectivity index (χ1n) is 11.6. The standard InChI is InChI=1S/C27H32N6O2S/c1-6-26(34)29-22-15-21(24(35-5)16-25(22)36-14-13-32(2)3)31-27-28-12-11-20(30-27)19-17-33(4)23-10-8-7-9-18(19)23/h6-12,15-17,26,29,34H,1,13-14H2,2-5H3,(H,28,30,31). The van der Waals surface area contributed by atoms with Crippen LogP contribution in [-0.4, -0.2) is 64.3 Å². The lowest BCUT2D eigenvalue weighted by Gasteiger charge is -2.19. The normalized spacial score (nSPS) is 12.1. The molecule has 2 heterocycles. The van der Waals surface area contributed by atoms with Crippen molar-refractivity contribution < 1.29 is 9.84 Å². The lowest BCUT2D eigenvalue weighted by molar-refractivity contribution is 0.252. The largest absolute Gasteiger partial charge is 0.495 e. The molecule has 0 saturated heterocycles. The number of anilines is 3. The van der Waals surface area contributed by atoms with Crippen molar-refractivity contribution in [2.45, 2.75) is 11.1 Å². The highest BCUT2D eigenvalue weighted by atomic mass is 32.2. The molecule has 0 aliphatic rings. The number of ether oxygens (including phenoxy) is 1. The Morgan fingerprint density at radius 3 is 2.78 bits per heavy atom. The van der Waals surface area contributed by atoms with Crippen molar-refractivity contribution in [2.24, 2.45) is 7.05 Å². The maximum atomic E-state index is 10.2. The molecule has 36 heavy (non-hydrogen) atoms. The van der Waals surface area contributed by atoms with Gasteiger partial charge >= 0.3 is 0 Å². The summed E-state index contributed by atoms with van der Waals surface area (Å²) in [6, 6.07) is 14.0. The predicted octanol–water partition coefficient (Wildman–Crippen LogP) is 4.96. The van der Waals surface area contributed by atoms with Gasteiger partial charge in [0.1, 0.15) is 12.0 Å². The molecule has 0 radical (unpaired) electrons. The number of nitrogens with zero attached hydrogens (tertiary/aromatic N) is 4. The average molecular weight is 505 g/mol. The molecule has 4 rings (SSSR count). The molecular weight excluding hydrogens is 472 g/mol. The Kier molecular flexibility index (Phi) is 8.14. The van der Waals surface area contributed by atoms with E-state index in [0.717, 1.165) is 45.0 Å². The quantitative estimate of drug-likeness (QED) is 0.150. The van der Waals surface area contributed by atoms with Crippen LogP contribution in [0.5, 0.6) is 5.75 Å². The van der Waals surface area contributed by atoms with Crippen molar-refractivity contribution in [3.8, 4) is 17.0 Å². The van der Waals surface area contributed by atoms with E-state index in [1.165, 1.54) is 6.08 Å². The van der Waals surface area contributed by atoms with Crippen molar-refractivity contribution in [3.63, 3.8) is 0 Å². The Morgan fingerprint density at radius 1 is 1.22 bits per heavy atom. The first-order valence-corrected chi connectivity index (χ1v) is 12.6. The van der Waals surface area contributed by atoms with Crippen molar-refractivity contribution in [2.75, 3.05) is 44.1 Å². The van der Waals surface area contributed by atoms with E-state index >= 15 is 0 Å². The number of benzene rings is 2. The van der Waals surface area contributed by atoms with E-state index in [-0.39, 0.29) is 0 Å². The van der Waals surface area contributed by atoms with Gasteiger partial charge in [0, 0.05) is 53.1 Å². The van der Waals surface area contributed by atoms with E-state index < -0.39 is 6.23 Å². The van der Waals surface area contributed by atoms with Gasteiger partial charge in [0.15, 0.2) is 0 Å². The van der Waals surface area contributed by atoms with Gasteiger partial charge in [-0.1, -0.05) is 24.8 Å². The minimum Gasteiger partial charge on any atom is -0.495 e. The minimum absolute atomic E-state index is 0.446. The van der Waals surface area contributed by atoms with E-state index in [2.05, 4.69) is 50.0 Å². The van der Waals surface area contributed by atoms with Gasteiger partial charge in [0.2, 0.25) is 5.95 Å². The fourth-order valence-corrected chi connectivity index (χ4v) is 4.99. The number of para-hydroxylation sites is 1. The molecule has 2 aromatic carbocycles. The Bertz CT molecular complexity index is 1350. The molecule has 3 N–H and O–H groups in total. The monoisotopic (exact) mass is 504 g/mol. The molecule has 1 atom stereocenters. The number of hydrogen-bond acceptors (Lipinski definition) is 8. The number of methoxy groups -OCH3 is 1. The number of fused-ring (bicyclic) bond motifs is 1. The Balaban J connectivity index is 1.67. The molecule has 0 amide bonds. The van der Waals surface area contributed by atoms with Crippen LogP contribution in [0.15, 0.2) is 72.4 Å². The smallest absolute Gasteiger partial charge is 0.227 e. The summed E-state index contributed by atoms with van der Waals surface area (Å²) in [7, 11) is 7.75. The second kappa shape index (κ2) is 11.5. The van der Waals surface area contributed by atoms with Crippen molar-refractivity contribution in [1.82, 2.24) is 19.4 Å². The second-order valence-corrected chi connectivity index (χ2v) is 9.72.